The molecule has 0 unspecified atom stereocenters. The number of hydrogen-bond donors (Lipinski definition) is 0. The summed E-state index contributed by atoms with van der Waals surface area (Å²) in [5.74, 6) is 1.86. The Bertz CT molecular complexity index is 4160. The number of imidazole rings is 1. The van der Waals surface area contributed by atoms with Crippen LogP contribution in [0.4, 0.5) is 34.3 Å². The third-order valence-electron chi connectivity index (χ3n) is 14.3. The van der Waals surface area contributed by atoms with Crippen LogP contribution in [0.2, 0.25) is 0 Å². The Morgan fingerprint density at radius 3 is 1.53 bits per heavy atom. The molecule has 0 N–H and O–H groups in total. The predicted molar refractivity (Wildman–Crippen MR) is 311 cm³/mol. The van der Waals surface area contributed by atoms with Gasteiger partial charge in [-0.2, -0.15) is 0 Å². The fourth-order valence-corrected chi connectivity index (χ4v) is 11.8. The Morgan fingerprint density at radius 1 is 0.429 bits per heavy atom. The van der Waals surface area contributed by atoms with Gasteiger partial charge in [-0.15, -0.1) is 0 Å². The molecule has 0 fully saturated rings. The molecule has 0 aliphatic carbocycles. The van der Waals surface area contributed by atoms with Crippen LogP contribution in [0.25, 0.3) is 66.9 Å². The Labute approximate surface area is 460 Å². The minimum absolute atomic E-state index is 0.139. The molecule has 0 bridgehead atoms. The summed E-state index contributed by atoms with van der Waals surface area (Å²) in [6, 6.07) is 95.4. The maximum absolute atomic E-state index is 7.03. The standard InChI is InChI=1S/C70H51N5O.Pt/c1-70(2,3)51-43-44-71-68(45-51)75-64-38-18-15-32-59(64)58-31-13-16-36-62(58)74(52-27-11-6-12-28-52)63-37-17-14-33-60(63)61-42-41-55(47-67(61)75)76-54-30-21-29-53(46-54)72-48-73(66-40-20-19-39-65(66)72)69-56(49-23-7-4-8-24-49)34-22-35-57(69)50-25-9-5-10-26-50;/h4-45H,1-3H3;/q-2;. The average Bonchev–Trinajstić information content (AvgIpc) is 3.82. The summed E-state index contributed by atoms with van der Waals surface area (Å²) in [6.45, 7) is 6.73. The number of pyridine rings is 1. The fourth-order valence-electron chi connectivity index (χ4n) is 10.7. The number of ether oxygens (including phenoxy) is 1. The van der Waals surface area contributed by atoms with Crippen molar-refractivity contribution in [2.45, 2.75) is 26.2 Å². The van der Waals surface area contributed by atoms with Gasteiger partial charge in [0.15, 0.2) is 0 Å². The number of fused-ring (bicyclic) bond motifs is 7. The molecule has 0 saturated heterocycles. The monoisotopic (exact) mass is 1170 g/mol. The molecule has 2 aromatic heterocycles. The molecule has 1 aliphatic heterocycles. The van der Waals surface area contributed by atoms with Crippen molar-refractivity contribution < 1.29 is 24.1 Å². The Hall–Kier alpha value is -9.09. The summed E-state index contributed by atoms with van der Waals surface area (Å²) in [5.41, 5.74) is 18.6. The van der Waals surface area contributed by atoms with E-state index >= 15 is 0 Å². The van der Waals surface area contributed by atoms with E-state index in [-0.39, 0.29) is 5.41 Å². The van der Waals surface area contributed by atoms with Crippen molar-refractivity contribution in [3.05, 3.63) is 276 Å². The van der Waals surface area contributed by atoms with Gasteiger partial charge in [-0.1, -0.05) is 87.5 Å². The van der Waals surface area contributed by atoms with Gasteiger partial charge in [0.25, 0.3) is 0 Å². The van der Waals surface area contributed by atoms with E-state index in [0.29, 0.717) is 11.5 Å². The van der Waals surface area contributed by atoms with Crippen LogP contribution in [-0.2, 0) is 24.8 Å². The number of anilines is 6. The van der Waals surface area contributed by atoms with E-state index in [9.17, 15) is 0 Å². The van der Waals surface area contributed by atoms with Crippen molar-refractivity contribution in [2.75, 3.05) is 9.80 Å². The first-order valence-electron chi connectivity index (χ1n) is 25.9. The zero-order valence-corrected chi connectivity index (χ0v) is 45.0. The summed E-state index contributed by atoms with van der Waals surface area (Å²) in [5, 5.41) is 0. The molecule has 7 heteroatoms. The molecule has 77 heavy (non-hydrogen) atoms. The Morgan fingerprint density at radius 2 is 0.922 bits per heavy atom. The van der Waals surface area contributed by atoms with Crippen LogP contribution in [-0.4, -0.2) is 14.1 Å². The molecule has 10 aromatic carbocycles. The van der Waals surface area contributed by atoms with Gasteiger partial charge in [0.2, 0.25) is 0 Å². The van der Waals surface area contributed by atoms with Gasteiger partial charge in [-0.25, -0.2) is 0 Å². The number of benzene rings is 10. The van der Waals surface area contributed by atoms with Crippen molar-refractivity contribution in [1.29, 1.82) is 0 Å². The van der Waals surface area contributed by atoms with Crippen LogP contribution in [0.3, 0.4) is 0 Å². The number of nitrogens with zero attached hydrogens (tertiary/aromatic N) is 5. The molecule has 12 aromatic rings. The SMILES string of the molecule is CC(C)(C)c1ccnc(N2c3[c-]c(Oc4[c-]c(-n5[c](=[Pt])n(-c6c(-c7ccccc7)cccc6-c6ccccc6)c6ccccc65)ccc4)ccc3-c3ccccc3N(c3ccccc3)c3ccccc3-c3ccccc32)c1. The second kappa shape index (κ2) is 19.9. The first kappa shape index (κ1) is 47.6. The normalized spacial score (nSPS) is 12.1. The first-order valence-corrected chi connectivity index (χ1v) is 27.0. The third-order valence-corrected chi connectivity index (χ3v) is 15.4. The molecule has 374 valence electrons. The van der Waals surface area contributed by atoms with Crippen molar-refractivity contribution >= 4 is 45.3 Å². The number of para-hydroxylation sites is 7. The van der Waals surface area contributed by atoms with E-state index in [1.807, 2.05) is 24.4 Å². The molecular formula is C70H51N5OPt-2. The van der Waals surface area contributed by atoms with Crippen molar-refractivity contribution in [3.63, 3.8) is 0 Å². The zero-order valence-electron chi connectivity index (χ0n) is 42.7. The quantitative estimate of drug-likeness (QED) is 0.142. The van der Waals surface area contributed by atoms with Crippen molar-refractivity contribution in [3.8, 4) is 67.4 Å². The van der Waals surface area contributed by atoms with Crippen LogP contribution in [0.1, 0.15) is 26.3 Å². The Kier molecular flexibility index (Phi) is 12.3. The molecular weight excluding hydrogens is 1120 g/mol. The molecule has 0 amide bonds. The van der Waals surface area contributed by atoms with Gasteiger partial charge < -0.3 is 4.90 Å². The van der Waals surface area contributed by atoms with E-state index in [2.05, 4.69) is 302 Å². The number of rotatable bonds is 8. The summed E-state index contributed by atoms with van der Waals surface area (Å²) < 4.78 is 12.7. The molecule has 13 rings (SSSR count). The van der Waals surface area contributed by atoms with Gasteiger partial charge in [0.05, 0.1) is 5.69 Å². The van der Waals surface area contributed by atoms with E-state index in [1.54, 1.807) is 0 Å². The number of aromatic nitrogens is 3. The maximum atomic E-state index is 7.03. The van der Waals surface area contributed by atoms with E-state index in [4.69, 9.17) is 9.72 Å². The minimum atomic E-state index is -0.139. The van der Waals surface area contributed by atoms with Gasteiger partial charge in [-0.05, 0) is 41.3 Å². The van der Waals surface area contributed by atoms with Crippen LogP contribution in [0.5, 0.6) is 11.5 Å². The van der Waals surface area contributed by atoms with Crippen molar-refractivity contribution in [2.24, 2.45) is 0 Å². The molecule has 0 radical (unpaired) electrons. The number of hydrogen-bond acceptors (Lipinski definition) is 4. The summed E-state index contributed by atoms with van der Waals surface area (Å²) in [7, 11) is 0. The van der Waals surface area contributed by atoms with Crippen LogP contribution in [0, 0.1) is 15.9 Å². The van der Waals surface area contributed by atoms with Gasteiger partial charge in [0, 0.05) is 17.4 Å². The Balaban J connectivity index is 0.998. The van der Waals surface area contributed by atoms with Crippen LogP contribution >= 0.6 is 0 Å². The zero-order chi connectivity index (χ0) is 52.0. The molecule has 3 heterocycles. The average molecular weight is 1170 g/mol. The molecule has 0 spiro atoms. The second-order valence-electron chi connectivity index (χ2n) is 20.1. The van der Waals surface area contributed by atoms with Crippen LogP contribution < -0.4 is 14.5 Å². The second-order valence-corrected chi connectivity index (χ2v) is 21.1. The van der Waals surface area contributed by atoms with E-state index in [0.717, 1.165) is 105 Å². The van der Waals surface area contributed by atoms with Crippen molar-refractivity contribution in [1.82, 2.24) is 14.1 Å². The predicted octanol–water partition coefficient (Wildman–Crippen LogP) is 18.5. The van der Waals surface area contributed by atoms with Gasteiger partial charge in [0.1, 0.15) is 0 Å². The van der Waals surface area contributed by atoms with E-state index < -0.39 is 0 Å². The molecule has 0 atom stereocenters. The fraction of sp³-hybridized carbons (Fsp3) is 0.0571. The van der Waals surface area contributed by atoms with E-state index in [1.165, 1.54) is 5.56 Å². The molecule has 6 nitrogen and oxygen atoms in total. The topological polar surface area (TPSA) is 38.5 Å². The third kappa shape index (κ3) is 8.71. The summed E-state index contributed by atoms with van der Waals surface area (Å²) >= 11 is 2.49. The molecule has 1 aliphatic rings. The summed E-state index contributed by atoms with van der Waals surface area (Å²) in [4.78, 5) is 9.82. The van der Waals surface area contributed by atoms with Gasteiger partial charge >= 0.3 is 306 Å². The first-order chi connectivity index (χ1) is 37.8. The summed E-state index contributed by atoms with van der Waals surface area (Å²) in [6.07, 6.45) is 1.93. The van der Waals surface area contributed by atoms with Crippen LogP contribution in [0.15, 0.2) is 255 Å². The molecule has 0 saturated carbocycles. The van der Waals surface area contributed by atoms with Gasteiger partial charge in [-0.3, -0.25) is 0 Å².